The molecule has 0 atom stereocenters. The van der Waals surface area contributed by atoms with Crippen molar-refractivity contribution < 1.29 is 4.79 Å². The van der Waals surface area contributed by atoms with Crippen LogP contribution in [0, 0.1) is 0 Å². The van der Waals surface area contributed by atoms with Gasteiger partial charge in [-0.05, 0) is 12.1 Å². The Morgan fingerprint density at radius 1 is 1.56 bits per heavy atom. The maximum atomic E-state index is 11.2. The first kappa shape index (κ1) is 11.7. The normalized spacial score (nSPS) is 15.6. The van der Waals surface area contributed by atoms with Gasteiger partial charge < -0.3 is 15.5 Å². The molecule has 1 aromatic heterocycles. The van der Waals surface area contributed by atoms with Crippen LogP contribution in [0.3, 0.4) is 0 Å². The molecule has 0 bridgehead atoms. The number of hydrogen-bond acceptors (Lipinski definition) is 3. The molecule has 2 amide bonds. The fourth-order valence-corrected chi connectivity index (χ4v) is 2.65. The second-order valence-corrected chi connectivity index (χ2v) is 5.40. The number of urea groups is 1. The van der Waals surface area contributed by atoms with Crippen molar-refractivity contribution in [2.45, 2.75) is 6.54 Å². The van der Waals surface area contributed by atoms with E-state index in [-0.39, 0.29) is 6.03 Å². The molecule has 88 valence electrons. The lowest BCUT2D eigenvalue weighted by atomic mass is 10.4. The summed E-state index contributed by atoms with van der Waals surface area (Å²) in [5.74, 6) is 0. The summed E-state index contributed by atoms with van der Waals surface area (Å²) in [7, 11) is 0. The maximum Gasteiger partial charge on any atom is 0.317 e. The number of nitrogens with one attached hydrogen (secondary N) is 2. The minimum atomic E-state index is 0.0426. The quantitative estimate of drug-likeness (QED) is 0.788. The zero-order chi connectivity index (χ0) is 11.4. The van der Waals surface area contributed by atoms with E-state index < -0.39 is 0 Å². The summed E-state index contributed by atoms with van der Waals surface area (Å²) in [5, 5.41) is 6.07. The zero-order valence-electron chi connectivity index (χ0n) is 8.83. The van der Waals surface area contributed by atoms with Crippen LogP contribution < -0.4 is 10.6 Å². The molecule has 6 heteroatoms. The fourth-order valence-electron chi connectivity index (χ4n) is 1.60. The highest BCUT2D eigenvalue weighted by Crippen LogP contribution is 2.20. The fraction of sp³-hybridized carbons (Fsp3) is 0.500. The Morgan fingerprint density at radius 2 is 2.44 bits per heavy atom. The second-order valence-electron chi connectivity index (χ2n) is 3.60. The van der Waals surface area contributed by atoms with Crippen LogP contribution in [0.5, 0.6) is 0 Å². The molecule has 0 saturated carbocycles. The molecule has 1 fully saturated rings. The number of hydrogen-bond donors (Lipinski definition) is 2. The van der Waals surface area contributed by atoms with Crippen molar-refractivity contribution in [3.8, 4) is 0 Å². The Bertz CT molecular complexity index is 369. The minimum Gasteiger partial charge on any atom is -0.336 e. The van der Waals surface area contributed by atoms with Crippen molar-refractivity contribution in [3.63, 3.8) is 0 Å². The van der Waals surface area contributed by atoms with Gasteiger partial charge in [-0.15, -0.1) is 11.3 Å². The Morgan fingerprint density at radius 3 is 3.06 bits per heavy atom. The van der Waals surface area contributed by atoms with E-state index in [2.05, 4.69) is 10.6 Å². The predicted molar refractivity (Wildman–Crippen MR) is 66.0 cm³/mol. The molecule has 1 saturated heterocycles. The van der Waals surface area contributed by atoms with Crippen molar-refractivity contribution >= 4 is 29.0 Å². The van der Waals surface area contributed by atoms with E-state index in [0.717, 1.165) is 37.1 Å². The Hall–Kier alpha value is -0.780. The SMILES string of the molecule is O=C1NCCN1CCNCc1ccc(Cl)s1. The number of nitrogens with zero attached hydrogens (tertiary/aromatic N) is 1. The van der Waals surface area contributed by atoms with Gasteiger partial charge in [0.05, 0.1) is 4.34 Å². The van der Waals surface area contributed by atoms with Gasteiger partial charge in [0, 0.05) is 37.6 Å². The molecule has 1 aromatic rings. The lowest BCUT2D eigenvalue weighted by Crippen LogP contribution is -2.34. The third-order valence-electron chi connectivity index (χ3n) is 2.43. The van der Waals surface area contributed by atoms with Gasteiger partial charge in [-0.3, -0.25) is 0 Å². The number of thiophene rings is 1. The van der Waals surface area contributed by atoms with E-state index in [1.54, 1.807) is 11.3 Å². The number of carbonyl (C=O) groups is 1. The molecule has 0 radical (unpaired) electrons. The van der Waals surface area contributed by atoms with E-state index in [1.165, 1.54) is 4.88 Å². The van der Waals surface area contributed by atoms with Crippen LogP contribution in [-0.4, -0.2) is 37.1 Å². The highest BCUT2D eigenvalue weighted by molar-refractivity contribution is 7.16. The predicted octanol–water partition coefficient (Wildman–Crippen LogP) is 1.52. The van der Waals surface area contributed by atoms with E-state index in [9.17, 15) is 4.79 Å². The highest BCUT2D eigenvalue weighted by Gasteiger charge is 2.17. The van der Waals surface area contributed by atoms with Crippen molar-refractivity contribution in [3.05, 3.63) is 21.3 Å². The molecule has 2 rings (SSSR count). The van der Waals surface area contributed by atoms with Crippen molar-refractivity contribution in [1.29, 1.82) is 0 Å². The van der Waals surface area contributed by atoms with Gasteiger partial charge in [0.15, 0.2) is 0 Å². The molecule has 0 spiro atoms. The third-order valence-corrected chi connectivity index (χ3v) is 3.66. The van der Waals surface area contributed by atoms with Crippen molar-refractivity contribution in [2.75, 3.05) is 26.2 Å². The van der Waals surface area contributed by atoms with Gasteiger partial charge >= 0.3 is 6.03 Å². The molecule has 16 heavy (non-hydrogen) atoms. The first-order valence-electron chi connectivity index (χ1n) is 5.23. The lowest BCUT2D eigenvalue weighted by Gasteiger charge is -2.13. The Labute approximate surface area is 104 Å². The molecule has 2 N–H and O–H groups in total. The van der Waals surface area contributed by atoms with Crippen molar-refractivity contribution in [1.82, 2.24) is 15.5 Å². The molecule has 4 nitrogen and oxygen atoms in total. The van der Waals surface area contributed by atoms with Gasteiger partial charge in [-0.25, -0.2) is 4.79 Å². The van der Waals surface area contributed by atoms with Crippen LogP contribution in [0.15, 0.2) is 12.1 Å². The van der Waals surface area contributed by atoms with Gasteiger partial charge in [0.1, 0.15) is 0 Å². The average Bonchev–Trinajstić information content (AvgIpc) is 2.83. The van der Waals surface area contributed by atoms with Crippen molar-refractivity contribution in [2.24, 2.45) is 0 Å². The topological polar surface area (TPSA) is 44.4 Å². The van der Waals surface area contributed by atoms with Crippen LogP contribution in [0.2, 0.25) is 4.34 Å². The van der Waals surface area contributed by atoms with Gasteiger partial charge in [-0.1, -0.05) is 11.6 Å². The third kappa shape index (κ3) is 3.10. The maximum absolute atomic E-state index is 11.2. The summed E-state index contributed by atoms with van der Waals surface area (Å²) in [4.78, 5) is 14.2. The number of amides is 2. The van der Waals surface area contributed by atoms with Crippen LogP contribution in [0.25, 0.3) is 0 Å². The molecular formula is C10H14ClN3OS. The largest absolute Gasteiger partial charge is 0.336 e. The highest BCUT2D eigenvalue weighted by atomic mass is 35.5. The summed E-state index contributed by atoms with van der Waals surface area (Å²) < 4.78 is 0.815. The zero-order valence-corrected chi connectivity index (χ0v) is 10.4. The average molecular weight is 260 g/mol. The Kier molecular flexibility index (Phi) is 4.04. The van der Waals surface area contributed by atoms with E-state index in [1.807, 2.05) is 17.0 Å². The molecule has 1 aliphatic rings. The summed E-state index contributed by atoms with van der Waals surface area (Å²) in [6.45, 7) is 3.95. The second kappa shape index (κ2) is 5.52. The molecular weight excluding hydrogens is 246 g/mol. The van der Waals surface area contributed by atoms with E-state index in [4.69, 9.17) is 11.6 Å². The molecule has 0 aromatic carbocycles. The molecule has 0 unspecified atom stereocenters. The lowest BCUT2D eigenvalue weighted by molar-refractivity contribution is 0.217. The molecule has 2 heterocycles. The number of halogens is 1. The summed E-state index contributed by atoms with van der Waals surface area (Å²) in [5.41, 5.74) is 0. The van der Waals surface area contributed by atoms with Gasteiger partial charge in [0.2, 0.25) is 0 Å². The van der Waals surface area contributed by atoms with Gasteiger partial charge in [0.25, 0.3) is 0 Å². The van der Waals surface area contributed by atoms with Gasteiger partial charge in [-0.2, -0.15) is 0 Å². The minimum absolute atomic E-state index is 0.0426. The van der Waals surface area contributed by atoms with E-state index >= 15 is 0 Å². The number of carbonyl (C=O) groups excluding carboxylic acids is 1. The van der Waals surface area contributed by atoms with Crippen LogP contribution in [0.4, 0.5) is 4.79 Å². The summed E-state index contributed by atoms with van der Waals surface area (Å²) in [6, 6.07) is 3.96. The first-order valence-corrected chi connectivity index (χ1v) is 6.43. The standard InChI is InChI=1S/C10H14ClN3OS/c11-9-2-1-8(16-9)7-12-3-5-14-6-4-13-10(14)15/h1-2,12H,3-7H2,(H,13,15). The van der Waals surface area contributed by atoms with E-state index in [0.29, 0.717) is 0 Å². The monoisotopic (exact) mass is 259 g/mol. The van der Waals surface area contributed by atoms with Crippen LogP contribution in [0.1, 0.15) is 4.88 Å². The van der Waals surface area contributed by atoms with Crippen LogP contribution >= 0.6 is 22.9 Å². The summed E-state index contributed by atoms with van der Waals surface area (Å²) in [6.07, 6.45) is 0. The summed E-state index contributed by atoms with van der Waals surface area (Å²) >= 11 is 7.41. The molecule has 1 aliphatic heterocycles. The first-order chi connectivity index (χ1) is 7.75. The number of rotatable bonds is 5. The molecule has 0 aliphatic carbocycles. The van der Waals surface area contributed by atoms with Crippen LogP contribution in [-0.2, 0) is 6.54 Å². The Balaban J connectivity index is 1.63. The smallest absolute Gasteiger partial charge is 0.317 e.